The minimum Gasteiger partial charge on any atom is -0.459 e. The molecule has 5 rings (SSSR count). The van der Waals surface area contributed by atoms with Crippen molar-refractivity contribution in [1.82, 2.24) is 20.1 Å². The van der Waals surface area contributed by atoms with Crippen molar-refractivity contribution in [1.29, 1.82) is 5.26 Å². The summed E-state index contributed by atoms with van der Waals surface area (Å²) in [5, 5.41) is 14.3. The average Bonchev–Trinajstić information content (AvgIpc) is 3.73. The first-order chi connectivity index (χ1) is 28.0. The first kappa shape index (κ1) is 42.9. The van der Waals surface area contributed by atoms with Crippen LogP contribution >= 0.6 is 11.8 Å². The maximum absolute atomic E-state index is 15.9. The summed E-state index contributed by atoms with van der Waals surface area (Å²) in [7, 11) is 0. The number of alkyl carbamates (subject to hydrolysis) is 1. The molecule has 17 heteroatoms. The molecule has 4 aromatic rings. The van der Waals surface area contributed by atoms with Gasteiger partial charge in [-0.15, -0.1) is 11.8 Å². The molecule has 2 atom stereocenters. The van der Waals surface area contributed by atoms with Gasteiger partial charge in [0.05, 0.1) is 42.2 Å². The minimum atomic E-state index is -1.85. The van der Waals surface area contributed by atoms with Gasteiger partial charge >= 0.3 is 18.0 Å². The lowest BCUT2D eigenvalue weighted by atomic mass is 9.89. The number of ether oxygens (including phenoxy) is 5. The third kappa shape index (κ3) is 11.7. The molecule has 0 aliphatic carbocycles. The van der Waals surface area contributed by atoms with E-state index in [0.29, 0.717) is 11.6 Å². The molecule has 1 fully saturated rings. The molecule has 3 aromatic carbocycles. The number of nitrogens with one attached hydrogen (secondary N) is 1. The number of esters is 2. The molecule has 302 valence electrons. The fourth-order valence-electron chi connectivity index (χ4n) is 5.73. The fourth-order valence-corrected chi connectivity index (χ4v) is 7.09. The summed E-state index contributed by atoms with van der Waals surface area (Å²) in [5.41, 5.74) is -1.24. The third-order valence-corrected chi connectivity index (χ3v) is 10.0. The molecule has 0 bridgehead atoms. The Morgan fingerprint density at radius 2 is 1.88 bits per heavy atom. The number of thioether (sulfide) groups is 1. The van der Waals surface area contributed by atoms with Crippen LogP contribution in [-0.4, -0.2) is 76.0 Å². The van der Waals surface area contributed by atoms with Crippen molar-refractivity contribution in [2.24, 2.45) is 0 Å². The van der Waals surface area contributed by atoms with Crippen LogP contribution in [0.15, 0.2) is 104 Å². The standard InChI is InChI=1S/C41H38F3N5O8S/c1-3-16-53-40(52)47-20-37(50)54-21-30-9-4-6-10-33(30)39(51)57-41(24-49-26-46-25-48-49,34-15-14-31(42)18-36(34)44)27(2)58-32-22-55-38(56-23-32)11-7-5-8-29-13-12-28(19-45)17-35(29)43/h3-15,17-18,25-27,32,38H,1,16,20-24H2,2H3,(H,47,52)/b8-5+,11-7+/t27-,32?,38?,41-/m1/s1. The summed E-state index contributed by atoms with van der Waals surface area (Å²) in [6.07, 6.45) is 8.81. The van der Waals surface area contributed by atoms with Crippen LogP contribution in [0.5, 0.6) is 0 Å². The number of benzene rings is 3. The molecular formula is C41H38F3N5O8S. The summed E-state index contributed by atoms with van der Waals surface area (Å²) in [6.45, 7) is 4.31. The second kappa shape index (κ2) is 20.8. The highest BCUT2D eigenvalue weighted by Crippen LogP contribution is 2.42. The number of halogens is 3. The van der Waals surface area contributed by atoms with E-state index in [1.807, 2.05) is 6.07 Å². The molecule has 13 nitrogen and oxygen atoms in total. The highest BCUT2D eigenvalue weighted by atomic mass is 32.2. The van der Waals surface area contributed by atoms with Gasteiger partial charge in [-0.3, -0.25) is 4.79 Å². The van der Waals surface area contributed by atoms with Gasteiger partial charge in [0.15, 0.2) is 11.9 Å². The molecular weight excluding hydrogens is 780 g/mol. The number of aromatic nitrogens is 3. The van der Waals surface area contributed by atoms with Crippen LogP contribution in [0.3, 0.4) is 0 Å². The summed E-state index contributed by atoms with van der Waals surface area (Å²) in [6, 6.07) is 15.2. The fraction of sp³-hybridized carbons (Fsp3) is 0.268. The molecule has 0 unspecified atom stereocenters. The molecule has 0 radical (unpaired) electrons. The second-order valence-electron chi connectivity index (χ2n) is 12.6. The predicted molar refractivity (Wildman–Crippen MR) is 205 cm³/mol. The Bertz CT molecular complexity index is 2170. The Morgan fingerprint density at radius 1 is 1.09 bits per heavy atom. The van der Waals surface area contributed by atoms with Gasteiger partial charge in [-0.25, -0.2) is 32.4 Å². The topological polar surface area (TPSA) is 164 Å². The number of allylic oxidation sites excluding steroid dienone is 2. The second-order valence-corrected chi connectivity index (χ2v) is 14.2. The number of nitrogens with zero attached hydrogens (tertiary/aromatic N) is 4. The van der Waals surface area contributed by atoms with Gasteiger partial charge < -0.3 is 29.0 Å². The van der Waals surface area contributed by atoms with Gasteiger partial charge in [-0.1, -0.05) is 55.1 Å². The zero-order valence-corrected chi connectivity index (χ0v) is 31.9. The van der Waals surface area contributed by atoms with E-state index in [1.54, 1.807) is 37.3 Å². The molecule has 0 saturated carbocycles. The smallest absolute Gasteiger partial charge is 0.407 e. The van der Waals surface area contributed by atoms with E-state index in [2.05, 4.69) is 22.0 Å². The molecule has 1 amide bonds. The van der Waals surface area contributed by atoms with Gasteiger partial charge in [0.25, 0.3) is 0 Å². The maximum atomic E-state index is 15.9. The summed E-state index contributed by atoms with van der Waals surface area (Å²) in [5.74, 6) is -4.08. The van der Waals surface area contributed by atoms with Crippen molar-refractivity contribution in [3.63, 3.8) is 0 Å². The maximum Gasteiger partial charge on any atom is 0.407 e. The Morgan fingerprint density at radius 3 is 2.59 bits per heavy atom. The molecule has 1 aliphatic rings. The highest BCUT2D eigenvalue weighted by Gasteiger charge is 2.47. The third-order valence-electron chi connectivity index (χ3n) is 8.59. The van der Waals surface area contributed by atoms with E-state index in [-0.39, 0.29) is 60.5 Å². The van der Waals surface area contributed by atoms with Crippen molar-refractivity contribution >= 4 is 35.9 Å². The van der Waals surface area contributed by atoms with E-state index in [9.17, 15) is 23.2 Å². The summed E-state index contributed by atoms with van der Waals surface area (Å²) >= 11 is 1.29. The van der Waals surface area contributed by atoms with Crippen LogP contribution in [0.1, 0.15) is 39.5 Å². The molecule has 1 saturated heterocycles. The van der Waals surface area contributed by atoms with Crippen LogP contribution in [0.2, 0.25) is 0 Å². The lowest BCUT2D eigenvalue weighted by molar-refractivity contribution is -0.146. The highest BCUT2D eigenvalue weighted by molar-refractivity contribution is 8.00. The number of carbonyl (C=O) groups excluding carboxylic acids is 3. The molecule has 1 N–H and O–H groups in total. The van der Waals surface area contributed by atoms with E-state index in [0.717, 1.165) is 12.1 Å². The van der Waals surface area contributed by atoms with Gasteiger partial charge in [0, 0.05) is 28.0 Å². The van der Waals surface area contributed by atoms with E-state index >= 15 is 4.39 Å². The summed E-state index contributed by atoms with van der Waals surface area (Å²) in [4.78, 5) is 42.3. The first-order valence-electron chi connectivity index (χ1n) is 17.7. The average molecular weight is 818 g/mol. The number of hydrogen-bond donors (Lipinski definition) is 1. The van der Waals surface area contributed by atoms with Crippen LogP contribution in [0, 0.1) is 28.8 Å². The number of carbonyl (C=O) groups is 3. The zero-order valence-electron chi connectivity index (χ0n) is 31.1. The van der Waals surface area contributed by atoms with E-state index < -0.39 is 59.2 Å². The Kier molecular flexibility index (Phi) is 15.4. The van der Waals surface area contributed by atoms with Crippen molar-refractivity contribution in [2.45, 2.75) is 42.5 Å². The normalized spacial score (nSPS) is 16.9. The summed E-state index contributed by atoms with van der Waals surface area (Å²) < 4.78 is 74.1. The van der Waals surface area contributed by atoms with Crippen LogP contribution in [0.25, 0.3) is 6.08 Å². The van der Waals surface area contributed by atoms with Crippen molar-refractivity contribution in [3.8, 4) is 6.07 Å². The first-order valence-corrected chi connectivity index (χ1v) is 18.6. The van der Waals surface area contributed by atoms with Gasteiger partial charge in [-0.2, -0.15) is 10.4 Å². The SMILES string of the molecule is C=CCOC(=O)NCC(=O)OCc1ccccc1C(=O)O[C@@](Cn1cncn1)(c1ccc(F)cc1F)[C@@H](C)SC1COC(/C=C/C=C/c2ccc(C#N)cc2F)OC1. The Hall–Kier alpha value is -6.22. The number of hydrogen-bond acceptors (Lipinski definition) is 12. The predicted octanol–water partition coefficient (Wildman–Crippen LogP) is 6.41. The molecule has 1 aliphatic heterocycles. The Balaban J connectivity index is 1.33. The van der Waals surface area contributed by atoms with E-state index in [1.165, 1.54) is 71.6 Å². The number of rotatable bonds is 17. The van der Waals surface area contributed by atoms with Gasteiger partial charge in [0.1, 0.15) is 49.9 Å². The number of amides is 1. The quantitative estimate of drug-likeness (QED) is 0.0540. The van der Waals surface area contributed by atoms with Gasteiger partial charge in [-0.05, 0) is 43.3 Å². The lowest BCUT2D eigenvalue weighted by Crippen LogP contribution is -2.47. The zero-order chi connectivity index (χ0) is 41.5. The number of nitriles is 1. The van der Waals surface area contributed by atoms with E-state index in [4.69, 9.17) is 28.9 Å². The molecule has 0 spiro atoms. The van der Waals surface area contributed by atoms with Crippen LogP contribution in [-0.2, 0) is 47.2 Å². The molecule has 2 heterocycles. The molecule has 58 heavy (non-hydrogen) atoms. The van der Waals surface area contributed by atoms with Crippen molar-refractivity contribution in [2.75, 3.05) is 26.4 Å². The monoisotopic (exact) mass is 817 g/mol. The van der Waals surface area contributed by atoms with Gasteiger partial charge in [0.2, 0.25) is 0 Å². The van der Waals surface area contributed by atoms with Crippen LogP contribution < -0.4 is 5.32 Å². The van der Waals surface area contributed by atoms with Crippen molar-refractivity contribution < 1.29 is 51.2 Å². The largest absolute Gasteiger partial charge is 0.459 e. The Labute approximate surface area is 336 Å². The van der Waals surface area contributed by atoms with Crippen molar-refractivity contribution in [3.05, 3.63) is 149 Å². The lowest BCUT2D eigenvalue weighted by Gasteiger charge is -2.40. The van der Waals surface area contributed by atoms with Crippen LogP contribution in [0.4, 0.5) is 18.0 Å². The minimum absolute atomic E-state index is 0.00808. The molecule has 1 aromatic heterocycles.